The fourth-order valence-electron chi connectivity index (χ4n) is 2.54. The molecule has 0 aliphatic carbocycles. The van der Waals surface area contributed by atoms with Gasteiger partial charge in [-0.1, -0.05) is 42.5 Å². The average molecular weight is 382 g/mol. The van der Waals surface area contributed by atoms with E-state index in [0.29, 0.717) is 17.1 Å². The molecule has 6 heteroatoms. The predicted octanol–water partition coefficient (Wildman–Crippen LogP) is 4.27. The minimum atomic E-state index is -0.596. The predicted molar refractivity (Wildman–Crippen MR) is 104 cm³/mol. The van der Waals surface area contributed by atoms with Crippen molar-refractivity contribution in [2.24, 2.45) is 0 Å². The molecule has 0 unspecified atom stereocenters. The van der Waals surface area contributed by atoms with Crippen molar-refractivity contribution in [3.05, 3.63) is 76.6 Å². The molecule has 27 heavy (non-hydrogen) atoms. The van der Waals surface area contributed by atoms with E-state index < -0.39 is 11.6 Å². The van der Waals surface area contributed by atoms with E-state index >= 15 is 0 Å². The van der Waals surface area contributed by atoms with Crippen LogP contribution in [0.5, 0.6) is 11.5 Å². The molecule has 1 heterocycles. The molecule has 0 radical (unpaired) electrons. The molecule has 3 rings (SSSR count). The zero-order valence-electron chi connectivity index (χ0n) is 14.7. The molecular formula is C21H18O5S. The normalized spacial score (nSPS) is 10.6. The van der Waals surface area contributed by atoms with Crippen molar-refractivity contribution < 1.29 is 19.1 Å². The summed E-state index contributed by atoms with van der Waals surface area (Å²) < 4.78 is 10.4. The Bertz CT molecular complexity index is 995. The Kier molecular flexibility index (Phi) is 5.98. The zero-order valence-corrected chi connectivity index (χ0v) is 15.5. The van der Waals surface area contributed by atoms with Crippen LogP contribution in [0.4, 0.5) is 0 Å². The van der Waals surface area contributed by atoms with E-state index in [1.54, 1.807) is 24.3 Å². The van der Waals surface area contributed by atoms with Gasteiger partial charge in [-0.2, -0.15) is 0 Å². The summed E-state index contributed by atoms with van der Waals surface area (Å²) in [6.07, 6.45) is 0.774. The molecule has 0 saturated carbocycles. The van der Waals surface area contributed by atoms with Crippen LogP contribution in [0.25, 0.3) is 11.3 Å². The van der Waals surface area contributed by atoms with Gasteiger partial charge in [0.2, 0.25) is 0 Å². The summed E-state index contributed by atoms with van der Waals surface area (Å²) in [5, 5.41) is 10.3. The topological polar surface area (TPSA) is 76.7 Å². The van der Waals surface area contributed by atoms with Crippen LogP contribution >= 0.6 is 11.8 Å². The fourth-order valence-corrected chi connectivity index (χ4v) is 3.45. The molecule has 0 atom stereocenters. The van der Waals surface area contributed by atoms with Crippen molar-refractivity contribution in [1.29, 1.82) is 0 Å². The maximum atomic E-state index is 12.3. The monoisotopic (exact) mass is 382 g/mol. The average Bonchev–Trinajstić information content (AvgIpc) is 2.64. The van der Waals surface area contributed by atoms with Gasteiger partial charge in [0, 0.05) is 24.3 Å². The van der Waals surface area contributed by atoms with Gasteiger partial charge in [-0.3, -0.25) is 4.79 Å². The van der Waals surface area contributed by atoms with Gasteiger partial charge in [-0.15, -0.1) is 11.8 Å². The summed E-state index contributed by atoms with van der Waals surface area (Å²) in [6.45, 7) is 1.31. The summed E-state index contributed by atoms with van der Waals surface area (Å²) in [5.74, 6) is 0.616. The standard InChI is InChI=1S/C21H18O5S/c1-14(22)25-17-9-5-8-16(12-17)19-13-18(23)20(21(24)26-19)27-11-10-15-6-3-2-4-7-15/h2-9,12-13,23H,10-11H2,1H3. The van der Waals surface area contributed by atoms with Gasteiger partial charge in [-0.25, -0.2) is 4.79 Å². The summed E-state index contributed by atoms with van der Waals surface area (Å²) in [5.41, 5.74) is 1.09. The molecule has 0 bridgehead atoms. The Labute approximate surface area is 160 Å². The number of aryl methyl sites for hydroxylation is 1. The van der Waals surface area contributed by atoms with Gasteiger partial charge < -0.3 is 14.3 Å². The lowest BCUT2D eigenvalue weighted by Gasteiger charge is -2.07. The van der Waals surface area contributed by atoms with Crippen molar-refractivity contribution in [3.63, 3.8) is 0 Å². The Morgan fingerprint density at radius 2 is 1.89 bits per heavy atom. The second-order valence-corrected chi connectivity index (χ2v) is 6.92. The second-order valence-electron chi connectivity index (χ2n) is 5.82. The molecule has 138 valence electrons. The van der Waals surface area contributed by atoms with Crippen molar-refractivity contribution in [3.8, 4) is 22.8 Å². The van der Waals surface area contributed by atoms with E-state index in [-0.39, 0.29) is 16.4 Å². The molecule has 0 amide bonds. The highest BCUT2D eigenvalue weighted by Gasteiger charge is 2.14. The van der Waals surface area contributed by atoms with E-state index in [4.69, 9.17) is 9.15 Å². The zero-order chi connectivity index (χ0) is 19.2. The minimum Gasteiger partial charge on any atom is -0.506 e. The third kappa shape index (κ3) is 5.01. The maximum absolute atomic E-state index is 12.3. The highest BCUT2D eigenvalue weighted by molar-refractivity contribution is 7.99. The number of carbonyl (C=O) groups is 1. The molecule has 1 N–H and O–H groups in total. The Morgan fingerprint density at radius 1 is 1.11 bits per heavy atom. The van der Waals surface area contributed by atoms with Crippen molar-refractivity contribution in [1.82, 2.24) is 0 Å². The lowest BCUT2D eigenvalue weighted by atomic mass is 10.1. The number of esters is 1. The second kappa shape index (κ2) is 8.60. The number of aromatic hydroxyl groups is 1. The van der Waals surface area contributed by atoms with Gasteiger partial charge in [0.25, 0.3) is 0 Å². The first-order chi connectivity index (χ1) is 13.0. The first-order valence-corrected chi connectivity index (χ1v) is 9.34. The highest BCUT2D eigenvalue weighted by Crippen LogP contribution is 2.31. The van der Waals surface area contributed by atoms with Crippen LogP contribution in [-0.2, 0) is 11.2 Å². The van der Waals surface area contributed by atoms with E-state index in [1.807, 2.05) is 30.3 Å². The van der Waals surface area contributed by atoms with Crippen molar-refractivity contribution in [2.75, 3.05) is 5.75 Å². The summed E-state index contributed by atoms with van der Waals surface area (Å²) in [7, 11) is 0. The van der Waals surface area contributed by atoms with E-state index in [9.17, 15) is 14.7 Å². The molecule has 3 aromatic rings. The van der Waals surface area contributed by atoms with Crippen LogP contribution in [-0.4, -0.2) is 16.8 Å². The Morgan fingerprint density at radius 3 is 2.59 bits per heavy atom. The van der Waals surface area contributed by atoms with Crippen LogP contribution < -0.4 is 10.4 Å². The fraction of sp³-hybridized carbons (Fsp3) is 0.143. The number of hydrogen-bond donors (Lipinski definition) is 1. The molecule has 0 aliphatic rings. The summed E-state index contributed by atoms with van der Waals surface area (Å²) in [4.78, 5) is 23.6. The van der Waals surface area contributed by atoms with Crippen molar-refractivity contribution in [2.45, 2.75) is 18.2 Å². The summed E-state index contributed by atoms with van der Waals surface area (Å²) in [6, 6.07) is 17.9. The highest BCUT2D eigenvalue weighted by atomic mass is 32.2. The number of carbonyl (C=O) groups excluding carboxylic acids is 1. The number of hydrogen-bond acceptors (Lipinski definition) is 6. The quantitative estimate of drug-likeness (QED) is 0.390. The van der Waals surface area contributed by atoms with E-state index in [2.05, 4.69) is 0 Å². The van der Waals surface area contributed by atoms with Crippen LogP contribution in [0.3, 0.4) is 0 Å². The van der Waals surface area contributed by atoms with Crippen LogP contribution in [0.1, 0.15) is 12.5 Å². The molecule has 2 aromatic carbocycles. The number of rotatable bonds is 6. The summed E-state index contributed by atoms with van der Waals surface area (Å²) >= 11 is 1.26. The van der Waals surface area contributed by atoms with E-state index in [1.165, 1.54) is 24.8 Å². The number of thioether (sulfide) groups is 1. The molecule has 0 spiro atoms. The smallest absolute Gasteiger partial charge is 0.353 e. The van der Waals surface area contributed by atoms with Gasteiger partial charge in [0.15, 0.2) is 0 Å². The van der Waals surface area contributed by atoms with Crippen LogP contribution in [0.2, 0.25) is 0 Å². The molecule has 5 nitrogen and oxygen atoms in total. The largest absolute Gasteiger partial charge is 0.506 e. The maximum Gasteiger partial charge on any atom is 0.353 e. The number of ether oxygens (including phenoxy) is 1. The van der Waals surface area contributed by atoms with Crippen molar-refractivity contribution >= 4 is 17.7 Å². The molecule has 0 fully saturated rings. The molecule has 0 saturated heterocycles. The third-order valence-electron chi connectivity index (χ3n) is 3.75. The van der Waals surface area contributed by atoms with E-state index in [0.717, 1.165) is 12.0 Å². The number of benzene rings is 2. The van der Waals surface area contributed by atoms with Gasteiger partial charge in [0.05, 0.1) is 0 Å². The SMILES string of the molecule is CC(=O)Oc1cccc(-c2cc(O)c(SCCc3ccccc3)c(=O)o2)c1. The van der Waals surface area contributed by atoms with Gasteiger partial charge in [-0.05, 0) is 24.1 Å². The van der Waals surface area contributed by atoms with Gasteiger partial charge >= 0.3 is 11.6 Å². The third-order valence-corrected chi connectivity index (χ3v) is 4.82. The Balaban J connectivity index is 1.77. The molecule has 1 aromatic heterocycles. The van der Waals surface area contributed by atoms with Gasteiger partial charge in [0.1, 0.15) is 22.2 Å². The van der Waals surface area contributed by atoms with Crippen LogP contribution in [0, 0.1) is 0 Å². The molecular weight excluding hydrogens is 364 g/mol. The first kappa shape index (κ1) is 18.8. The Hall–Kier alpha value is -2.99. The minimum absolute atomic E-state index is 0.128. The lowest BCUT2D eigenvalue weighted by molar-refractivity contribution is -0.131. The van der Waals surface area contributed by atoms with Crippen LogP contribution in [0.15, 0.2) is 74.8 Å². The first-order valence-electron chi connectivity index (χ1n) is 8.35. The lowest BCUT2D eigenvalue weighted by Crippen LogP contribution is -2.04. The molecule has 0 aliphatic heterocycles.